The molecule has 0 spiro atoms. The summed E-state index contributed by atoms with van der Waals surface area (Å²) < 4.78 is 26.5. The zero-order chi connectivity index (χ0) is 23.4. The van der Waals surface area contributed by atoms with Crippen molar-refractivity contribution in [3.8, 4) is 0 Å². The largest absolute Gasteiger partial charge is 0.346 e. The molecule has 2 heterocycles. The van der Waals surface area contributed by atoms with Crippen molar-refractivity contribution in [2.45, 2.75) is 39.0 Å². The van der Waals surface area contributed by atoms with Gasteiger partial charge in [0.2, 0.25) is 0 Å². The summed E-state index contributed by atoms with van der Waals surface area (Å²) >= 11 is 0. The van der Waals surface area contributed by atoms with E-state index < -0.39 is 6.29 Å². The van der Waals surface area contributed by atoms with Gasteiger partial charge in [0.15, 0.2) is 6.29 Å². The van der Waals surface area contributed by atoms with Crippen molar-refractivity contribution in [3.63, 3.8) is 0 Å². The molecule has 2 aliphatic heterocycles. The number of piperidine rings is 1. The molecule has 2 aromatic carbocycles. The van der Waals surface area contributed by atoms with Crippen molar-refractivity contribution in [2.24, 2.45) is 0 Å². The van der Waals surface area contributed by atoms with Gasteiger partial charge in [-0.25, -0.2) is 4.39 Å². The number of rotatable bonds is 7. The smallest absolute Gasteiger partial charge is 0.253 e. The number of amides is 1. The molecule has 178 valence electrons. The monoisotopic (exact) mass is 455 g/mol. The van der Waals surface area contributed by atoms with Crippen molar-refractivity contribution in [1.82, 2.24) is 9.80 Å². The van der Waals surface area contributed by atoms with Gasteiger partial charge in [-0.1, -0.05) is 6.07 Å². The molecule has 0 aromatic heterocycles. The molecule has 2 aliphatic rings. The van der Waals surface area contributed by atoms with Gasteiger partial charge < -0.3 is 24.2 Å². The number of halogens is 1. The molecule has 6 nitrogen and oxygen atoms in total. The molecule has 0 atom stereocenters. The summed E-state index contributed by atoms with van der Waals surface area (Å²) in [5, 5.41) is 0. The molecule has 1 amide bonds. The van der Waals surface area contributed by atoms with Crippen LogP contribution in [0.1, 0.15) is 48.9 Å². The lowest BCUT2D eigenvalue weighted by Crippen LogP contribution is -2.42. The van der Waals surface area contributed by atoms with Crippen LogP contribution >= 0.6 is 0 Å². The first-order chi connectivity index (χ1) is 16.0. The van der Waals surface area contributed by atoms with Gasteiger partial charge in [-0.3, -0.25) is 4.79 Å². The number of ether oxygens (including phenoxy) is 2. The van der Waals surface area contributed by atoms with Crippen molar-refractivity contribution < 1.29 is 18.7 Å². The molecular formula is C26H34FN3O3. The van der Waals surface area contributed by atoms with E-state index >= 15 is 4.39 Å². The van der Waals surface area contributed by atoms with Crippen LogP contribution in [0.2, 0.25) is 0 Å². The van der Waals surface area contributed by atoms with E-state index in [2.05, 4.69) is 16.8 Å². The number of hydrogen-bond acceptors (Lipinski definition) is 5. The third-order valence-corrected chi connectivity index (χ3v) is 6.62. The number of carbonyl (C=O) groups excluding carboxylic acids is 1. The van der Waals surface area contributed by atoms with E-state index in [4.69, 9.17) is 9.47 Å². The molecule has 0 saturated carbocycles. The number of carbonyl (C=O) groups is 1. The van der Waals surface area contributed by atoms with E-state index in [9.17, 15) is 4.79 Å². The Morgan fingerprint density at radius 3 is 2.27 bits per heavy atom. The molecule has 0 N–H and O–H groups in total. The van der Waals surface area contributed by atoms with Crippen LogP contribution in [0.15, 0.2) is 42.5 Å². The Labute approximate surface area is 195 Å². The maximum atomic E-state index is 15.2. The van der Waals surface area contributed by atoms with Crippen LogP contribution in [0.3, 0.4) is 0 Å². The molecule has 33 heavy (non-hydrogen) atoms. The number of likely N-dealkylation sites (tertiary alicyclic amines) is 1. The third-order valence-electron chi connectivity index (χ3n) is 6.62. The fraction of sp³-hybridized carbons (Fsp3) is 0.500. The lowest BCUT2D eigenvalue weighted by Gasteiger charge is -2.39. The standard InChI is InChI=1S/C26H34FN3O3/c1-4-29(5-2)25(31)19-6-9-21(10-7-19)30(22-12-14-28(3)15-13-22)24-18-20(8-11-23(24)27)26-32-16-17-33-26/h6-11,18,22,26H,4-5,12-17H2,1-3H3. The normalized spacial score (nSPS) is 17.9. The van der Waals surface area contributed by atoms with Crippen LogP contribution in [0.25, 0.3) is 0 Å². The van der Waals surface area contributed by atoms with Crippen LogP contribution in [-0.2, 0) is 9.47 Å². The van der Waals surface area contributed by atoms with Gasteiger partial charge in [-0.2, -0.15) is 0 Å². The number of anilines is 2. The highest BCUT2D eigenvalue weighted by atomic mass is 19.1. The van der Waals surface area contributed by atoms with E-state index in [-0.39, 0.29) is 17.8 Å². The molecule has 7 heteroatoms. The summed E-state index contributed by atoms with van der Waals surface area (Å²) in [7, 11) is 2.12. The maximum Gasteiger partial charge on any atom is 0.253 e. The first-order valence-corrected chi connectivity index (χ1v) is 11.9. The minimum Gasteiger partial charge on any atom is -0.346 e. The van der Waals surface area contributed by atoms with Crippen LogP contribution in [0.4, 0.5) is 15.8 Å². The third kappa shape index (κ3) is 5.21. The lowest BCUT2D eigenvalue weighted by atomic mass is 10.0. The van der Waals surface area contributed by atoms with Crippen molar-refractivity contribution in [1.29, 1.82) is 0 Å². The summed E-state index contributed by atoms with van der Waals surface area (Å²) in [4.78, 5) is 18.9. The highest BCUT2D eigenvalue weighted by Gasteiger charge is 2.28. The first-order valence-electron chi connectivity index (χ1n) is 11.9. The molecule has 0 unspecified atom stereocenters. The fourth-order valence-electron chi connectivity index (χ4n) is 4.67. The second-order valence-corrected chi connectivity index (χ2v) is 8.71. The Balaban J connectivity index is 1.69. The SMILES string of the molecule is CCN(CC)C(=O)c1ccc(N(c2cc(C3OCCO3)ccc2F)C2CCN(C)CC2)cc1. The quantitative estimate of drug-likeness (QED) is 0.611. The predicted molar refractivity (Wildman–Crippen MR) is 127 cm³/mol. The average molecular weight is 456 g/mol. The summed E-state index contributed by atoms with van der Waals surface area (Å²) in [6, 6.07) is 12.8. The highest BCUT2D eigenvalue weighted by molar-refractivity contribution is 5.94. The van der Waals surface area contributed by atoms with Crippen LogP contribution < -0.4 is 4.90 Å². The Hall–Kier alpha value is -2.48. The summed E-state index contributed by atoms with van der Waals surface area (Å²) in [6.07, 6.45) is 1.39. The highest BCUT2D eigenvalue weighted by Crippen LogP contribution is 2.36. The Bertz CT molecular complexity index is 934. The van der Waals surface area contributed by atoms with Crippen LogP contribution in [-0.4, -0.2) is 68.2 Å². The van der Waals surface area contributed by atoms with E-state index in [1.165, 1.54) is 6.07 Å². The van der Waals surface area contributed by atoms with Crippen molar-refractivity contribution in [3.05, 3.63) is 59.4 Å². The fourth-order valence-corrected chi connectivity index (χ4v) is 4.67. The number of benzene rings is 2. The zero-order valence-corrected chi connectivity index (χ0v) is 19.8. The minimum absolute atomic E-state index is 0.0149. The van der Waals surface area contributed by atoms with Gasteiger partial charge in [0.05, 0.1) is 18.9 Å². The number of nitrogens with zero attached hydrogens (tertiary/aromatic N) is 3. The van der Waals surface area contributed by atoms with Gasteiger partial charge in [0.1, 0.15) is 5.82 Å². The molecule has 2 fully saturated rings. The van der Waals surface area contributed by atoms with E-state index in [0.29, 0.717) is 37.6 Å². The molecule has 2 aromatic rings. The topological polar surface area (TPSA) is 45.3 Å². The Kier molecular flexibility index (Phi) is 7.63. The second-order valence-electron chi connectivity index (χ2n) is 8.71. The van der Waals surface area contributed by atoms with Gasteiger partial charge in [0.25, 0.3) is 5.91 Å². The summed E-state index contributed by atoms with van der Waals surface area (Å²) in [6.45, 7) is 8.28. The first kappa shape index (κ1) is 23.7. The summed E-state index contributed by atoms with van der Waals surface area (Å²) in [5.74, 6) is -0.264. The van der Waals surface area contributed by atoms with Crippen LogP contribution in [0, 0.1) is 5.82 Å². The molecule has 4 rings (SSSR count). The molecule has 0 bridgehead atoms. The predicted octanol–water partition coefficient (Wildman–Crippen LogP) is 4.59. The van der Waals surface area contributed by atoms with Crippen LogP contribution in [0.5, 0.6) is 0 Å². The summed E-state index contributed by atoms with van der Waals surface area (Å²) in [5.41, 5.74) is 2.86. The van der Waals surface area contributed by atoms with E-state index in [1.807, 2.05) is 44.2 Å². The number of hydrogen-bond donors (Lipinski definition) is 0. The molecule has 0 radical (unpaired) electrons. The second kappa shape index (κ2) is 10.6. The molecular weight excluding hydrogens is 421 g/mol. The van der Waals surface area contributed by atoms with Gasteiger partial charge in [-0.05, 0) is 83.2 Å². The lowest BCUT2D eigenvalue weighted by molar-refractivity contribution is -0.0441. The maximum absolute atomic E-state index is 15.2. The molecule has 0 aliphatic carbocycles. The Morgan fingerprint density at radius 2 is 1.67 bits per heavy atom. The van der Waals surface area contributed by atoms with Gasteiger partial charge in [0, 0.05) is 35.9 Å². The van der Waals surface area contributed by atoms with E-state index in [0.717, 1.165) is 37.2 Å². The zero-order valence-electron chi connectivity index (χ0n) is 19.8. The molecule has 2 saturated heterocycles. The van der Waals surface area contributed by atoms with Crippen molar-refractivity contribution >= 4 is 17.3 Å². The van der Waals surface area contributed by atoms with Gasteiger partial charge in [-0.15, -0.1) is 0 Å². The Morgan fingerprint density at radius 1 is 1.03 bits per heavy atom. The van der Waals surface area contributed by atoms with Crippen molar-refractivity contribution in [2.75, 3.05) is 51.3 Å². The average Bonchev–Trinajstić information content (AvgIpc) is 3.38. The van der Waals surface area contributed by atoms with E-state index in [1.54, 1.807) is 11.0 Å². The minimum atomic E-state index is -0.460. The van der Waals surface area contributed by atoms with Gasteiger partial charge >= 0.3 is 0 Å².